The smallest absolute Gasteiger partial charge is 0.243 e. The molecule has 6 nitrogen and oxygen atoms in total. The van der Waals surface area contributed by atoms with E-state index in [0.717, 1.165) is 17.7 Å². The van der Waals surface area contributed by atoms with Crippen LogP contribution in [0.5, 0.6) is 0 Å². The molecule has 2 amide bonds. The van der Waals surface area contributed by atoms with Crippen molar-refractivity contribution >= 4 is 17.5 Å². The SMILES string of the molecule is O=C(CCC(=O)N1CCC(c2ccccc2)=N1)N1CCC(O)CC1. The molecule has 0 spiro atoms. The molecule has 24 heavy (non-hydrogen) atoms. The Kier molecular flexibility index (Phi) is 5.25. The van der Waals surface area contributed by atoms with Crippen LogP contribution in [0.25, 0.3) is 0 Å². The normalized spacial score (nSPS) is 18.6. The van der Waals surface area contributed by atoms with Gasteiger partial charge >= 0.3 is 0 Å². The number of rotatable bonds is 4. The number of hydrazone groups is 1. The van der Waals surface area contributed by atoms with E-state index in [1.54, 1.807) is 4.90 Å². The van der Waals surface area contributed by atoms with Crippen LogP contribution in [0.3, 0.4) is 0 Å². The van der Waals surface area contributed by atoms with E-state index in [-0.39, 0.29) is 30.8 Å². The molecule has 1 N–H and O–H groups in total. The Hall–Kier alpha value is -2.21. The standard InChI is InChI=1S/C18H23N3O3/c22-15-8-11-20(12-9-15)17(23)6-7-18(24)21-13-10-16(19-21)14-4-2-1-3-5-14/h1-5,15,22H,6-13H2. The molecule has 128 valence electrons. The Balaban J connectivity index is 1.49. The third-order valence-corrected chi connectivity index (χ3v) is 4.57. The maximum atomic E-state index is 12.3. The summed E-state index contributed by atoms with van der Waals surface area (Å²) in [5, 5.41) is 15.4. The molecule has 1 aromatic rings. The zero-order valence-electron chi connectivity index (χ0n) is 13.7. The second kappa shape index (κ2) is 7.57. The van der Waals surface area contributed by atoms with Crippen molar-refractivity contribution in [2.45, 2.75) is 38.2 Å². The number of aliphatic hydroxyl groups is 1. The summed E-state index contributed by atoms with van der Waals surface area (Å²) in [5.74, 6) is -0.118. The summed E-state index contributed by atoms with van der Waals surface area (Å²) in [6.45, 7) is 1.73. The molecule has 0 aromatic heterocycles. The van der Waals surface area contributed by atoms with Crippen molar-refractivity contribution in [3.63, 3.8) is 0 Å². The Bertz CT molecular complexity index is 622. The fourth-order valence-electron chi connectivity index (χ4n) is 3.09. The lowest BCUT2D eigenvalue weighted by Crippen LogP contribution is -2.40. The molecule has 1 fully saturated rings. The highest BCUT2D eigenvalue weighted by Gasteiger charge is 2.24. The molecule has 0 atom stereocenters. The van der Waals surface area contributed by atoms with E-state index in [2.05, 4.69) is 5.10 Å². The highest BCUT2D eigenvalue weighted by atomic mass is 16.3. The predicted octanol–water partition coefficient (Wildman–Crippen LogP) is 1.39. The number of aliphatic hydroxyl groups excluding tert-OH is 1. The van der Waals surface area contributed by atoms with E-state index in [4.69, 9.17) is 0 Å². The van der Waals surface area contributed by atoms with Crippen LogP contribution >= 0.6 is 0 Å². The number of amides is 2. The van der Waals surface area contributed by atoms with Gasteiger partial charge in [-0.1, -0.05) is 30.3 Å². The van der Waals surface area contributed by atoms with Crippen molar-refractivity contribution < 1.29 is 14.7 Å². The predicted molar refractivity (Wildman–Crippen MR) is 90.4 cm³/mol. The average molecular weight is 329 g/mol. The van der Waals surface area contributed by atoms with E-state index in [0.29, 0.717) is 32.5 Å². The molecular weight excluding hydrogens is 306 g/mol. The number of carbonyl (C=O) groups is 2. The summed E-state index contributed by atoms with van der Waals surface area (Å²) in [7, 11) is 0. The Labute approximate surface area is 141 Å². The molecule has 6 heteroatoms. The zero-order valence-corrected chi connectivity index (χ0v) is 13.7. The van der Waals surface area contributed by atoms with Crippen molar-refractivity contribution in [2.75, 3.05) is 19.6 Å². The summed E-state index contributed by atoms with van der Waals surface area (Å²) in [6, 6.07) is 9.84. The van der Waals surface area contributed by atoms with Crippen LogP contribution in [-0.2, 0) is 9.59 Å². The fraction of sp³-hybridized carbons (Fsp3) is 0.500. The van der Waals surface area contributed by atoms with Gasteiger partial charge in [0.05, 0.1) is 18.4 Å². The topological polar surface area (TPSA) is 73.2 Å². The minimum absolute atomic E-state index is 0.0123. The number of piperidine rings is 1. The highest BCUT2D eigenvalue weighted by molar-refractivity contribution is 6.02. The van der Waals surface area contributed by atoms with Gasteiger partial charge in [0.15, 0.2) is 0 Å². The largest absolute Gasteiger partial charge is 0.393 e. The second-order valence-electron chi connectivity index (χ2n) is 6.29. The molecule has 0 bridgehead atoms. The van der Waals surface area contributed by atoms with Crippen molar-refractivity contribution in [1.29, 1.82) is 0 Å². The Morgan fingerprint density at radius 3 is 2.42 bits per heavy atom. The first-order valence-electron chi connectivity index (χ1n) is 8.52. The molecule has 0 unspecified atom stereocenters. The van der Waals surface area contributed by atoms with Gasteiger partial charge in [0.1, 0.15) is 0 Å². The number of likely N-dealkylation sites (tertiary alicyclic amines) is 1. The number of hydrogen-bond acceptors (Lipinski definition) is 4. The molecule has 2 aliphatic heterocycles. The van der Waals surface area contributed by atoms with Gasteiger partial charge in [-0.15, -0.1) is 0 Å². The van der Waals surface area contributed by atoms with Gasteiger partial charge in [-0.25, -0.2) is 5.01 Å². The summed E-state index contributed by atoms with van der Waals surface area (Å²) in [6.07, 6.45) is 2.08. The number of hydrogen-bond donors (Lipinski definition) is 1. The molecule has 0 saturated carbocycles. The van der Waals surface area contributed by atoms with Crippen LogP contribution in [0.15, 0.2) is 35.4 Å². The van der Waals surface area contributed by atoms with Crippen LogP contribution in [0.2, 0.25) is 0 Å². The van der Waals surface area contributed by atoms with Crippen molar-refractivity contribution in [1.82, 2.24) is 9.91 Å². The van der Waals surface area contributed by atoms with Gasteiger partial charge in [-0.05, 0) is 18.4 Å². The maximum absolute atomic E-state index is 12.3. The molecule has 0 aliphatic carbocycles. The van der Waals surface area contributed by atoms with E-state index in [9.17, 15) is 14.7 Å². The molecule has 2 aliphatic rings. The summed E-state index contributed by atoms with van der Waals surface area (Å²) in [5.41, 5.74) is 1.95. The van der Waals surface area contributed by atoms with Crippen LogP contribution in [0, 0.1) is 0 Å². The minimum Gasteiger partial charge on any atom is -0.393 e. The molecular formula is C18H23N3O3. The van der Waals surface area contributed by atoms with Crippen LogP contribution in [0.1, 0.15) is 37.7 Å². The summed E-state index contributed by atoms with van der Waals surface area (Å²) >= 11 is 0. The lowest BCUT2D eigenvalue weighted by Gasteiger charge is -2.29. The van der Waals surface area contributed by atoms with E-state index in [1.807, 2.05) is 30.3 Å². The first-order valence-corrected chi connectivity index (χ1v) is 8.52. The molecule has 2 heterocycles. The highest BCUT2D eigenvalue weighted by Crippen LogP contribution is 2.16. The summed E-state index contributed by atoms with van der Waals surface area (Å²) < 4.78 is 0. The summed E-state index contributed by atoms with van der Waals surface area (Å²) in [4.78, 5) is 26.2. The van der Waals surface area contributed by atoms with Gasteiger partial charge in [-0.2, -0.15) is 5.10 Å². The third-order valence-electron chi connectivity index (χ3n) is 4.57. The number of carbonyl (C=O) groups excluding carboxylic acids is 2. The van der Waals surface area contributed by atoms with Gasteiger partial charge in [0, 0.05) is 32.4 Å². The quantitative estimate of drug-likeness (QED) is 0.907. The molecule has 1 aromatic carbocycles. The zero-order chi connectivity index (χ0) is 16.9. The first kappa shape index (κ1) is 16.6. The van der Waals surface area contributed by atoms with Gasteiger partial charge in [0.2, 0.25) is 11.8 Å². The van der Waals surface area contributed by atoms with Gasteiger partial charge in [0.25, 0.3) is 0 Å². The minimum atomic E-state index is -0.300. The molecule has 1 saturated heterocycles. The number of nitrogens with zero attached hydrogens (tertiary/aromatic N) is 3. The first-order chi connectivity index (χ1) is 11.6. The molecule has 0 radical (unpaired) electrons. The maximum Gasteiger partial charge on any atom is 0.243 e. The van der Waals surface area contributed by atoms with Crippen molar-refractivity contribution in [3.05, 3.63) is 35.9 Å². The van der Waals surface area contributed by atoms with E-state index >= 15 is 0 Å². The van der Waals surface area contributed by atoms with E-state index in [1.165, 1.54) is 5.01 Å². The van der Waals surface area contributed by atoms with Crippen LogP contribution in [0.4, 0.5) is 0 Å². The van der Waals surface area contributed by atoms with Crippen LogP contribution in [-0.4, -0.2) is 58.3 Å². The Morgan fingerprint density at radius 2 is 1.71 bits per heavy atom. The monoisotopic (exact) mass is 329 g/mol. The number of benzene rings is 1. The lowest BCUT2D eigenvalue weighted by molar-refractivity contribution is -0.138. The second-order valence-corrected chi connectivity index (χ2v) is 6.29. The lowest BCUT2D eigenvalue weighted by atomic mass is 10.1. The van der Waals surface area contributed by atoms with Crippen molar-refractivity contribution in [3.8, 4) is 0 Å². The average Bonchev–Trinajstić information content (AvgIpc) is 3.11. The Morgan fingerprint density at radius 1 is 1.04 bits per heavy atom. The van der Waals surface area contributed by atoms with Crippen molar-refractivity contribution in [2.24, 2.45) is 5.10 Å². The fourth-order valence-corrected chi connectivity index (χ4v) is 3.09. The van der Waals surface area contributed by atoms with Gasteiger partial charge < -0.3 is 10.0 Å². The molecule has 3 rings (SSSR count). The van der Waals surface area contributed by atoms with Crippen LogP contribution < -0.4 is 0 Å². The van der Waals surface area contributed by atoms with Gasteiger partial charge in [-0.3, -0.25) is 9.59 Å². The van der Waals surface area contributed by atoms with E-state index < -0.39 is 0 Å². The third kappa shape index (κ3) is 4.00.